The van der Waals surface area contributed by atoms with Crippen LogP contribution in [0.4, 0.5) is 0 Å². The number of hydrogen-bond donors (Lipinski definition) is 0. The molecule has 0 bridgehead atoms. The predicted molar refractivity (Wildman–Crippen MR) is 130 cm³/mol. The minimum atomic E-state index is -0.420. The molecule has 0 spiro atoms. The van der Waals surface area contributed by atoms with Gasteiger partial charge in [0.25, 0.3) is 0 Å². The van der Waals surface area contributed by atoms with Crippen LogP contribution in [0.3, 0.4) is 0 Å². The largest absolute Gasteiger partial charge is 2.00 e. The second-order valence-electron chi connectivity index (χ2n) is 11.0. The van der Waals surface area contributed by atoms with E-state index in [-0.39, 0.29) is 31.3 Å². The van der Waals surface area contributed by atoms with Crippen LogP contribution in [0.1, 0.15) is 78.4 Å². The van der Waals surface area contributed by atoms with Crippen molar-refractivity contribution in [2.75, 3.05) is 0 Å². The standard InChI is InChI=1S/C27H32N6.Pd/c1-25(2,3)23-28-15-17-32(23)21-13-9-11-19(30-21)27(7,8)20-12-10-14-22(31-20)33-18-16-29-24(33)26(4,5)6;/h9-16H,1-8H3;/q-2;+2. The van der Waals surface area contributed by atoms with E-state index in [0.717, 1.165) is 34.7 Å². The van der Waals surface area contributed by atoms with Crippen molar-refractivity contribution in [3.63, 3.8) is 0 Å². The van der Waals surface area contributed by atoms with Gasteiger partial charge < -0.3 is 19.1 Å². The van der Waals surface area contributed by atoms with Gasteiger partial charge in [0.1, 0.15) is 0 Å². The monoisotopic (exact) mass is 546 g/mol. The zero-order valence-electron chi connectivity index (χ0n) is 21.1. The van der Waals surface area contributed by atoms with E-state index in [1.165, 1.54) is 0 Å². The van der Waals surface area contributed by atoms with E-state index in [1.807, 2.05) is 33.4 Å². The molecule has 0 N–H and O–H groups in total. The average molecular weight is 547 g/mol. The number of imidazole rings is 2. The van der Waals surface area contributed by atoms with Gasteiger partial charge in [-0.15, -0.1) is 0 Å². The first-order valence-electron chi connectivity index (χ1n) is 11.3. The van der Waals surface area contributed by atoms with E-state index < -0.39 is 5.41 Å². The SMILES string of the molecule is CC(C)(C)c1nc[c-]n1-c1cccc(C(C)(C)c2cccc(-n3[c-]cnc3C(C)(C)C)n2)n1.[Pd+2]. The third kappa shape index (κ3) is 4.92. The molecule has 6 nitrogen and oxygen atoms in total. The average Bonchev–Trinajstić information content (AvgIpc) is 3.43. The first kappa shape index (κ1) is 26.0. The molecule has 0 saturated carbocycles. The fourth-order valence-corrected chi connectivity index (χ4v) is 3.86. The zero-order chi connectivity index (χ0) is 24.0. The van der Waals surface area contributed by atoms with Crippen LogP contribution in [-0.4, -0.2) is 29.1 Å². The molecule has 0 unspecified atom stereocenters. The molecule has 34 heavy (non-hydrogen) atoms. The van der Waals surface area contributed by atoms with E-state index in [0.29, 0.717) is 0 Å². The maximum absolute atomic E-state index is 5.01. The van der Waals surface area contributed by atoms with Crippen LogP contribution in [0.5, 0.6) is 0 Å². The Hall–Kier alpha value is -2.62. The molecule has 180 valence electrons. The number of hydrogen-bond acceptors (Lipinski definition) is 4. The summed E-state index contributed by atoms with van der Waals surface area (Å²) in [5, 5.41) is 0. The summed E-state index contributed by atoms with van der Waals surface area (Å²) in [6, 6.07) is 12.2. The summed E-state index contributed by atoms with van der Waals surface area (Å²) in [7, 11) is 0. The molecule has 4 aromatic rings. The number of rotatable bonds is 4. The van der Waals surface area contributed by atoms with Crippen LogP contribution in [0.15, 0.2) is 48.8 Å². The third-order valence-electron chi connectivity index (χ3n) is 5.72. The van der Waals surface area contributed by atoms with Crippen molar-refractivity contribution < 1.29 is 20.4 Å². The van der Waals surface area contributed by atoms with E-state index in [1.54, 1.807) is 12.4 Å². The molecule has 0 aromatic carbocycles. The number of aromatic nitrogens is 6. The normalized spacial score (nSPS) is 12.5. The minimum Gasteiger partial charge on any atom is -0.450 e. The van der Waals surface area contributed by atoms with Gasteiger partial charge in [-0.05, 0) is 49.2 Å². The number of nitrogens with zero attached hydrogens (tertiary/aromatic N) is 6. The molecule has 0 aliphatic carbocycles. The Morgan fingerprint density at radius 3 is 1.35 bits per heavy atom. The van der Waals surface area contributed by atoms with Crippen molar-refractivity contribution in [1.29, 1.82) is 0 Å². The van der Waals surface area contributed by atoms with Gasteiger partial charge in [-0.25, -0.2) is 0 Å². The maximum atomic E-state index is 5.01. The maximum Gasteiger partial charge on any atom is 2.00 e. The Morgan fingerprint density at radius 2 is 1.00 bits per heavy atom. The van der Waals surface area contributed by atoms with Crippen LogP contribution in [0, 0.1) is 12.4 Å². The Labute approximate surface area is 216 Å². The molecule has 0 atom stereocenters. The van der Waals surface area contributed by atoms with E-state index in [4.69, 9.17) is 9.97 Å². The van der Waals surface area contributed by atoms with Crippen LogP contribution in [0.25, 0.3) is 11.6 Å². The second kappa shape index (κ2) is 9.20. The van der Waals surface area contributed by atoms with Gasteiger partial charge >= 0.3 is 20.4 Å². The van der Waals surface area contributed by atoms with E-state index in [9.17, 15) is 0 Å². The quantitative estimate of drug-likeness (QED) is 0.255. The first-order valence-corrected chi connectivity index (χ1v) is 11.3. The van der Waals surface area contributed by atoms with Gasteiger partial charge in [-0.2, -0.15) is 0 Å². The van der Waals surface area contributed by atoms with Crippen molar-refractivity contribution >= 4 is 0 Å². The molecule has 0 radical (unpaired) electrons. The summed E-state index contributed by atoms with van der Waals surface area (Å²) in [5.74, 6) is 3.46. The predicted octanol–water partition coefficient (Wildman–Crippen LogP) is 5.37. The summed E-state index contributed by atoms with van der Waals surface area (Å²) in [4.78, 5) is 19.1. The molecule has 0 aliphatic heterocycles. The van der Waals surface area contributed by atoms with Crippen LogP contribution >= 0.6 is 0 Å². The van der Waals surface area contributed by atoms with Gasteiger partial charge in [0.05, 0.1) is 0 Å². The molecule has 0 aliphatic rings. The summed E-state index contributed by atoms with van der Waals surface area (Å²) in [6.45, 7) is 17.1. The van der Waals surface area contributed by atoms with Gasteiger partial charge in [-0.1, -0.05) is 78.2 Å². The van der Waals surface area contributed by atoms with Crippen LogP contribution < -0.4 is 0 Å². The summed E-state index contributed by atoms with van der Waals surface area (Å²) in [6.07, 6.45) is 9.83. The molecule has 0 amide bonds. The van der Waals surface area contributed by atoms with Crippen molar-refractivity contribution in [2.24, 2.45) is 0 Å². The molecule has 4 rings (SSSR count). The first-order chi connectivity index (χ1) is 15.4. The van der Waals surface area contributed by atoms with E-state index >= 15 is 0 Å². The fraction of sp³-hybridized carbons (Fsp3) is 0.407. The van der Waals surface area contributed by atoms with Gasteiger partial charge in [0.2, 0.25) is 0 Å². The molecule has 4 aromatic heterocycles. The molecule has 0 fully saturated rings. The molecule has 4 heterocycles. The van der Waals surface area contributed by atoms with Crippen molar-refractivity contribution in [1.82, 2.24) is 29.1 Å². The fourth-order valence-electron chi connectivity index (χ4n) is 3.86. The third-order valence-corrected chi connectivity index (χ3v) is 5.72. The topological polar surface area (TPSA) is 61.4 Å². The van der Waals surface area contributed by atoms with Gasteiger partial charge in [0.15, 0.2) is 0 Å². The molecular weight excluding hydrogens is 515 g/mol. The summed E-state index contributed by atoms with van der Waals surface area (Å²) >= 11 is 0. The van der Waals surface area contributed by atoms with Crippen LogP contribution in [0.2, 0.25) is 0 Å². The van der Waals surface area contributed by atoms with Crippen molar-refractivity contribution in [3.8, 4) is 11.6 Å². The second-order valence-corrected chi connectivity index (χ2v) is 11.0. The summed E-state index contributed by atoms with van der Waals surface area (Å²) in [5.41, 5.74) is 1.20. The Balaban J connectivity index is 0.00000324. The smallest absolute Gasteiger partial charge is 0.450 e. The zero-order valence-corrected chi connectivity index (χ0v) is 22.7. The van der Waals surface area contributed by atoms with Gasteiger partial charge in [0, 0.05) is 40.1 Å². The van der Waals surface area contributed by atoms with Gasteiger partial charge in [-0.3, -0.25) is 9.97 Å². The van der Waals surface area contributed by atoms with Crippen molar-refractivity contribution in [3.05, 3.63) is 84.2 Å². The van der Waals surface area contributed by atoms with Crippen LogP contribution in [-0.2, 0) is 36.7 Å². The molecular formula is C27H32N6Pd. The van der Waals surface area contributed by atoms with Crippen molar-refractivity contribution in [2.45, 2.75) is 71.6 Å². The minimum absolute atomic E-state index is 0. The molecule has 7 heteroatoms. The Kier molecular flexibility index (Phi) is 7.04. The Bertz CT molecular complexity index is 1170. The Morgan fingerprint density at radius 1 is 0.618 bits per heavy atom. The van der Waals surface area contributed by atoms with E-state index in [2.05, 4.69) is 89.9 Å². The summed E-state index contributed by atoms with van der Waals surface area (Å²) < 4.78 is 3.89. The molecule has 0 saturated heterocycles. The number of pyridine rings is 2.